The summed E-state index contributed by atoms with van der Waals surface area (Å²) in [4.78, 5) is 24.8. The van der Waals surface area contributed by atoms with E-state index in [1.54, 1.807) is 23.7 Å². The van der Waals surface area contributed by atoms with Crippen LogP contribution in [0.3, 0.4) is 0 Å². The van der Waals surface area contributed by atoms with Gasteiger partial charge in [-0.3, -0.25) is 0 Å². The SMILES string of the molecule is O=C(OCc1cccs1)C1CC2CCCCC2N1c1ncccn1. The van der Waals surface area contributed by atoms with Crippen LogP contribution >= 0.6 is 11.3 Å². The van der Waals surface area contributed by atoms with E-state index in [9.17, 15) is 4.79 Å². The second kappa shape index (κ2) is 6.89. The molecule has 0 radical (unpaired) electrons. The lowest BCUT2D eigenvalue weighted by Crippen LogP contribution is -2.44. The minimum absolute atomic E-state index is 0.148. The number of ether oxygens (including phenoxy) is 1. The van der Waals surface area contributed by atoms with Gasteiger partial charge in [-0.15, -0.1) is 11.3 Å². The molecular weight excluding hydrogens is 322 g/mol. The fraction of sp³-hybridized carbons (Fsp3) is 0.500. The zero-order valence-electron chi connectivity index (χ0n) is 13.5. The van der Waals surface area contributed by atoms with Crippen LogP contribution in [0.15, 0.2) is 36.0 Å². The highest BCUT2D eigenvalue weighted by molar-refractivity contribution is 7.09. The number of carbonyl (C=O) groups is 1. The molecule has 6 heteroatoms. The maximum atomic E-state index is 12.8. The van der Waals surface area contributed by atoms with Crippen molar-refractivity contribution in [3.05, 3.63) is 40.8 Å². The van der Waals surface area contributed by atoms with Crippen molar-refractivity contribution in [2.45, 2.75) is 50.8 Å². The average molecular weight is 343 g/mol. The molecule has 0 N–H and O–H groups in total. The number of aromatic nitrogens is 2. The summed E-state index contributed by atoms with van der Waals surface area (Å²) in [5, 5.41) is 2.00. The van der Waals surface area contributed by atoms with Gasteiger partial charge in [0, 0.05) is 23.3 Å². The number of anilines is 1. The molecule has 126 valence electrons. The van der Waals surface area contributed by atoms with Crippen molar-refractivity contribution in [2.24, 2.45) is 5.92 Å². The molecule has 0 amide bonds. The number of esters is 1. The molecule has 1 saturated heterocycles. The summed E-state index contributed by atoms with van der Waals surface area (Å²) in [6.07, 6.45) is 9.09. The van der Waals surface area contributed by atoms with Crippen LogP contribution in [0.25, 0.3) is 0 Å². The minimum Gasteiger partial charge on any atom is -0.458 e. The monoisotopic (exact) mass is 343 g/mol. The lowest BCUT2D eigenvalue weighted by molar-refractivity contribution is -0.146. The van der Waals surface area contributed by atoms with Crippen molar-refractivity contribution in [3.63, 3.8) is 0 Å². The van der Waals surface area contributed by atoms with Crippen LogP contribution in [0.5, 0.6) is 0 Å². The normalized spacial score (nSPS) is 26.2. The highest BCUT2D eigenvalue weighted by Crippen LogP contribution is 2.41. The summed E-state index contributed by atoms with van der Waals surface area (Å²) >= 11 is 1.61. The second-order valence-electron chi connectivity index (χ2n) is 6.51. The quantitative estimate of drug-likeness (QED) is 0.796. The highest BCUT2D eigenvalue weighted by Gasteiger charge is 2.47. The average Bonchev–Trinajstić information content (AvgIpc) is 3.28. The van der Waals surface area contributed by atoms with Crippen molar-refractivity contribution in [1.82, 2.24) is 9.97 Å². The predicted octanol–water partition coefficient (Wildman–Crippen LogP) is 3.42. The smallest absolute Gasteiger partial charge is 0.329 e. The molecule has 1 aliphatic carbocycles. The van der Waals surface area contributed by atoms with Gasteiger partial charge in [-0.2, -0.15) is 0 Å². The third kappa shape index (κ3) is 3.02. The van der Waals surface area contributed by atoms with E-state index in [0.29, 0.717) is 24.5 Å². The van der Waals surface area contributed by atoms with Gasteiger partial charge in [0.1, 0.15) is 12.6 Å². The summed E-state index contributed by atoms with van der Waals surface area (Å²) in [5.74, 6) is 1.05. The number of rotatable bonds is 4. The van der Waals surface area contributed by atoms with E-state index in [0.717, 1.165) is 17.7 Å². The van der Waals surface area contributed by atoms with Crippen LogP contribution in [0.1, 0.15) is 37.0 Å². The molecule has 2 fully saturated rings. The van der Waals surface area contributed by atoms with Crippen LogP contribution in [-0.2, 0) is 16.1 Å². The molecule has 4 rings (SSSR count). The van der Waals surface area contributed by atoms with Gasteiger partial charge in [0.15, 0.2) is 0 Å². The number of hydrogen-bond acceptors (Lipinski definition) is 6. The second-order valence-corrected chi connectivity index (χ2v) is 7.54. The molecule has 1 aliphatic heterocycles. The van der Waals surface area contributed by atoms with Crippen LogP contribution in [0, 0.1) is 5.92 Å². The van der Waals surface area contributed by atoms with E-state index in [1.165, 1.54) is 19.3 Å². The maximum Gasteiger partial charge on any atom is 0.329 e. The van der Waals surface area contributed by atoms with Crippen molar-refractivity contribution in [1.29, 1.82) is 0 Å². The molecule has 0 spiro atoms. The summed E-state index contributed by atoms with van der Waals surface area (Å²) in [7, 11) is 0. The van der Waals surface area contributed by atoms with Gasteiger partial charge in [0.2, 0.25) is 5.95 Å². The molecule has 5 nitrogen and oxygen atoms in total. The van der Waals surface area contributed by atoms with Crippen molar-refractivity contribution >= 4 is 23.3 Å². The van der Waals surface area contributed by atoms with E-state index < -0.39 is 0 Å². The maximum absolute atomic E-state index is 12.8. The molecule has 0 aromatic carbocycles. The summed E-state index contributed by atoms with van der Waals surface area (Å²) in [6, 6.07) is 5.87. The van der Waals surface area contributed by atoms with Crippen LogP contribution < -0.4 is 4.90 Å². The van der Waals surface area contributed by atoms with Crippen molar-refractivity contribution < 1.29 is 9.53 Å². The van der Waals surface area contributed by atoms with Gasteiger partial charge in [0.05, 0.1) is 0 Å². The molecule has 3 atom stereocenters. The number of carbonyl (C=O) groups excluding carboxylic acids is 1. The zero-order valence-corrected chi connectivity index (χ0v) is 14.3. The molecule has 3 unspecified atom stereocenters. The Labute approximate surface area is 145 Å². The third-order valence-corrected chi connectivity index (χ3v) is 5.93. The Morgan fingerprint density at radius 2 is 2.08 bits per heavy atom. The molecule has 3 heterocycles. The fourth-order valence-electron chi connectivity index (χ4n) is 4.02. The standard InChI is InChI=1S/C18H21N3O2S/c22-17(23-12-14-6-3-10-24-14)16-11-13-5-1-2-7-15(13)21(16)18-19-8-4-9-20-18/h3-4,6,8-10,13,15-16H,1-2,5,7,11-12H2. The van der Waals surface area contributed by atoms with Gasteiger partial charge in [-0.1, -0.05) is 18.9 Å². The topological polar surface area (TPSA) is 55.3 Å². The van der Waals surface area contributed by atoms with Gasteiger partial charge in [0.25, 0.3) is 0 Å². The summed E-state index contributed by atoms with van der Waals surface area (Å²) < 4.78 is 5.60. The lowest BCUT2D eigenvalue weighted by Gasteiger charge is -2.33. The predicted molar refractivity (Wildman–Crippen MR) is 92.8 cm³/mol. The summed E-state index contributed by atoms with van der Waals surface area (Å²) in [5.41, 5.74) is 0. The first-order valence-corrected chi connectivity index (χ1v) is 9.45. The first-order chi connectivity index (χ1) is 11.8. The fourth-order valence-corrected chi connectivity index (χ4v) is 4.63. The Hall–Kier alpha value is -1.95. The molecule has 24 heavy (non-hydrogen) atoms. The Bertz CT molecular complexity index is 677. The Balaban J connectivity index is 1.54. The Morgan fingerprint density at radius 1 is 1.25 bits per heavy atom. The lowest BCUT2D eigenvalue weighted by atomic mass is 9.85. The molecule has 0 bridgehead atoms. The van der Waals surface area contributed by atoms with E-state index in [2.05, 4.69) is 14.9 Å². The number of hydrogen-bond donors (Lipinski definition) is 0. The molecular formula is C18H21N3O2S. The Morgan fingerprint density at radius 3 is 2.88 bits per heavy atom. The third-order valence-electron chi connectivity index (χ3n) is 5.08. The van der Waals surface area contributed by atoms with E-state index >= 15 is 0 Å². The van der Waals surface area contributed by atoms with Crippen LogP contribution in [0.4, 0.5) is 5.95 Å². The largest absolute Gasteiger partial charge is 0.458 e. The van der Waals surface area contributed by atoms with E-state index in [-0.39, 0.29) is 12.0 Å². The molecule has 2 aliphatic rings. The van der Waals surface area contributed by atoms with E-state index in [4.69, 9.17) is 4.74 Å². The van der Waals surface area contributed by atoms with E-state index in [1.807, 2.05) is 23.6 Å². The van der Waals surface area contributed by atoms with Gasteiger partial charge in [-0.25, -0.2) is 14.8 Å². The van der Waals surface area contributed by atoms with Gasteiger partial charge in [-0.05, 0) is 42.7 Å². The highest BCUT2D eigenvalue weighted by atomic mass is 32.1. The molecule has 1 saturated carbocycles. The van der Waals surface area contributed by atoms with Crippen LogP contribution in [0.2, 0.25) is 0 Å². The first kappa shape index (κ1) is 15.6. The summed E-state index contributed by atoms with van der Waals surface area (Å²) in [6.45, 7) is 0.353. The molecule has 2 aromatic rings. The van der Waals surface area contributed by atoms with Crippen molar-refractivity contribution in [3.8, 4) is 0 Å². The minimum atomic E-state index is -0.263. The number of nitrogens with zero attached hydrogens (tertiary/aromatic N) is 3. The van der Waals surface area contributed by atoms with Crippen LogP contribution in [-0.4, -0.2) is 28.0 Å². The molecule has 2 aromatic heterocycles. The van der Waals surface area contributed by atoms with Gasteiger partial charge >= 0.3 is 5.97 Å². The van der Waals surface area contributed by atoms with Gasteiger partial charge < -0.3 is 9.64 Å². The first-order valence-electron chi connectivity index (χ1n) is 8.57. The van der Waals surface area contributed by atoms with Crippen molar-refractivity contribution in [2.75, 3.05) is 4.90 Å². The zero-order chi connectivity index (χ0) is 16.4. The number of fused-ring (bicyclic) bond motifs is 1. The Kier molecular flexibility index (Phi) is 4.47. The number of thiophene rings is 1.